The van der Waals surface area contributed by atoms with E-state index in [1.807, 2.05) is 14.0 Å². The average molecular weight is 281 g/mol. The highest BCUT2D eigenvalue weighted by molar-refractivity contribution is 7.99. The van der Waals surface area contributed by atoms with Crippen LogP contribution in [0.4, 0.5) is 0 Å². The zero-order chi connectivity index (χ0) is 13.8. The Kier molecular flexibility index (Phi) is 5.05. The third kappa shape index (κ3) is 3.83. The second kappa shape index (κ2) is 6.57. The van der Waals surface area contributed by atoms with Crippen LogP contribution in [-0.2, 0) is 0 Å². The lowest BCUT2D eigenvalue weighted by atomic mass is 9.84. The molecule has 0 amide bonds. The Morgan fingerprint density at radius 3 is 2.95 bits per heavy atom. The van der Waals surface area contributed by atoms with Gasteiger partial charge in [-0.15, -0.1) is 0 Å². The molecule has 106 valence electrons. The van der Waals surface area contributed by atoms with Gasteiger partial charge in [-0.05, 0) is 39.2 Å². The molecular formula is C14H23N3OS. The van der Waals surface area contributed by atoms with Gasteiger partial charge in [0, 0.05) is 23.1 Å². The van der Waals surface area contributed by atoms with E-state index in [1.54, 1.807) is 11.8 Å². The molecule has 5 heteroatoms. The summed E-state index contributed by atoms with van der Waals surface area (Å²) < 4.78 is 0. The molecule has 1 fully saturated rings. The zero-order valence-corrected chi connectivity index (χ0v) is 12.7. The Hall–Kier alpha value is -0.810. The van der Waals surface area contributed by atoms with Crippen LogP contribution in [-0.4, -0.2) is 28.3 Å². The second-order valence-electron chi connectivity index (χ2n) is 5.33. The van der Waals surface area contributed by atoms with Gasteiger partial charge in [-0.25, -0.2) is 4.98 Å². The molecule has 0 spiro atoms. The number of aromatic nitrogens is 2. The van der Waals surface area contributed by atoms with Crippen molar-refractivity contribution in [3.8, 4) is 0 Å². The summed E-state index contributed by atoms with van der Waals surface area (Å²) in [5, 5.41) is 4.66. The first-order valence-corrected chi connectivity index (χ1v) is 7.92. The van der Waals surface area contributed by atoms with E-state index in [1.165, 1.54) is 31.7 Å². The lowest BCUT2D eigenvalue weighted by Crippen LogP contribution is -2.40. The molecule has 1 aliphatic carbocycles. The summed E-state index contributed by atoms with van der Waals surface area (Å²) >= 11 is 1.72. The van der Waals surface area contributed by atoms with Gasteiger partial charge < -0.3 is 10.3 Å². The van der Waals surface area contributed by atoms with E-state index in [2.05, 4.69) is 22.2 Å². The third-order valence-electron chi connectivity index (χ3n) is 3.96. The van der Waals surface area contributed by atoms with E-state index >= 15 is 0 Å². The van der Waals surface area contributed by atoms with Gasteiger partial charge in [0.2, 0.25) is 0 Å². The van der Waals surface area contributed by atoms with Crippen molar-refractivity contribution in [3.05, 3.63) is 22.1 Å². The van der Waals surface area contributed by atoms with Gasteiger partial charge in [-0.1, -0.05) is 25.1 Å². The number of nitrogens with zero attached hydrogens (tertiary/aromatic N) is 1. The number of nitrogens with one attached hydrogen (secondary N) is 2. The standard InChI is InChI=1S/C14H23N3OS/c1-4-10-5-6-11(15-3)12(8-10)19-14-16-9(2)7-13(18)17-14/h7,10-12,15H,4-6,8H2,1-3H3,(H,16,17,18). The number of aromatic amines is 1. The largest absolute Gasteiger partial charge is 0.316 e. The highest BCUT2D eigenvalue weighted by Gasteiger charge is 2.30. The Morgan fingerprint density at radius 1 is 1.53 bits per heavy atom. The fourth-order valence-corrected chi connectivity index (χ4v) is 4.24. The molecule has 0 radical (unpaired) electrons. The molecule has 1 aromatic rings. The molecule has 0 aliphatic heterocycles. The molecule has 1 aliphatic rings. The minimum absolute atomic E-state index is 0.0566. The van der Waals surface area contributed by atoms with Gasteiger partial charge in [0.1, 0.15) is 0 Å². The molecule has 3 unspecified atom stereocenters. The van der Waals surface area contributed by atoms with Gasteiger partial charge in [0.15, 0.2) is 5.16 Å². The smallest absolute Gasteiger partial charge is 0.251 e. The van der Waals surface area contributed by atoms with Crippen LogP contribution in [0.1, 0.15) is 38.3 Å². The molecule has 2 N–H and O–H groups in total. The topological polar surface area (TPSA) is 57.8 Å². The molecule has 1 aromatic heterocycles. The van der Waals surface area contributed by atoms with Crippen molar-refractivity contribution in [2.45, 2.75) is 56.0 Å². The Labute approximate surface area is 118 Å². The van der Waals surface area contributed by atoms with Crippen LogP contribution in [0.2, 0.25) is 0 Å². The van der Waals surface area contributed by atoms with E-state index in [9.17, 15) is 4.79 Å². The number of hydrogen-bond acceptors (Lipinski definition) is 4. The second-order valence-corrected chi connectivity index (χ2v) is 6.56. The Bertz CT molecular complexity index is 474. The Morgan fingerprint density at radius 2 is 2.32 bits per heavy atom. The van der Waals surface area contributed by atoms with Crippen LogP contribution < -0.4 is 10.9 Å². The van der Waals surface area contributed by atoms with Crippen molar-refractivity contribution in [2.75, 3.05) is 7.05 Å². The van der Waals surface area contributed by atoms with E-state index in [0.717, 1.165) is 16.8 Å². The van der Waals surface area contributed by atoms with Crippen molar-refractivity contribution in [1.82, 2.24) is 15.3 Å². The van der Waals surface area contributed by atoms with Crippen molar-refractivity contribution in [1.29, 1.82) is 0 Å². The first-order chi connectivity index (χ1) is 9.12. The minimum Gasteiger partial charge on any atom is -0.316 e. The molecule has 4 nitrogen and oxygen atoms in total. The summed E-state index contributed by atoms with van der Waals surface area (Å²) in [5.41, 5.74) is 0.731. The highest BCUT2D eigenvalue weighted by atomic mass is 32.2. The van der Waals surface area contributed by atoms with E-state index in [-0.39, 0.29) is 5.56 Å². The lowest BCUT2D eigenvalue weighted by molar-refractivity contribution is 0.304. The van der Waals surface area contributed by atoms with Crippen LogP contribution in [0.25, 0.3) is 0 Å². The van der Waals surface area contributed by atoms with E-state index < -0.39 is 0 Å². The predicted molar refractivity (Wildman–Crippen MR) is 79.7 cm³/mol. The molecule has 1 heterocycles. The van der Waals surface area contributed by atoms with Crippen LogP contribution in [0.5, 0.6) is 0 Å². The number of hydrogen-bond donors (Lipinski definition) is 2. The summed E-state index contributed by atoms with van der Waals surface area (Å²) in [5.74, 6) is 0.804. The van der Waals surface area contributed by atoms with E-state index in [4.69, 9.17) is 0 Å². The molecule has 0 saturated heterocycles. The maximum atomic E-state index is 11.5. The van der Waals surface area contributed by atoms with Gasteiger partial charge in [-0.3, -0.25) is 4.79 Å². The van der Waals surface area contributed by atoms with Gasteiger partial charge in [0.25, 0.3) is 5.56 Å². The number of H-pyrrole nitrogens is 1. The van der Waals surface area contributed by atoms with Crippen LogP contribution in [0.15, 0.2) is 16.0 Å². The minimum atomic E-state index is -0.0566. The monoisotopic (exact) mass is 281 g/mol. The summed E-state index contributed by atoms with van der Waals surface area (Å²) in [7, 11) is 2.02. The van der Waals surface area contributed by atoms with Crippen LogP contribution in [0.3, 0.4) is 0 Å². The molecule has 1 saturated carbocycles. The van der Waals surface area contributed by atoms with Crippen molar-refractivity contribution >= 4 is 11.8 Å². The van der Waals surface area contributed by atoms with Crippen molar-refractivity contribution < 1.29 is 0 Å². The normalized spacial score (nSPS) is 27.4. The predicted octanol–water partition coefficient (Wildman–Crippen LogP) is 2.34. The van der Waals surface area contributed by atoms with Crippen LogP contribution in [0, 0.1) is 12.8 Å². The average Bonchev–Trinajstić information content (AvgIpc) is 2.37. The fourth-order valence-electron chi connectivity index (χ4n) is 2.79. The van der Waals surface area contributed by atoms with Gasteiger partial charge in [0.05, 0.1) is 0 Å². The Balaban J connectivity index is 2.11. The van der Waals surface area contributed by atoms with Gasteiger partial charge >= 0.3 is 0 Å². The van der Waals surface area contributed by atoms with Gasteiger partial charge in [-0.2, -0.15) is 0 Å². The molecule has 2 rings (SSSR count). The number of rotatable bonds is 4. The van der Waals surface area contributed by atoms with Crippen molar-refractivity contribution in [3.63, 3.8) is 0 Å². The lowest BCUT2D eigenvalue weighted by Gasteiger charge is -2.35. The third-order valence-corrected chi connectivity index (χ3v) is 5.20. The van der Waals surface area contributed by atoms with Crippen molar-refractivity contribution in [2.24, 2.45) is 5.92 Å². The first-order valence-electron chi connectivity index (χ1n) is 7.04. The number of aryl methyl sites for hydroxylation is 1. The summed E-state index contributed by atoms with van der Waals surface area (Å²) in [6.45, 7) is 4.13. The molecular weight excluding hydrogens is 258 g/mol. The molecule has 0 bridgehead atoms. The van der Waals surface area contributed by atoms with Crippen LogP contribution >= 0.6 is 11.8 Å². The maximum absolute atomic E-state index is 11.5. The number of thioether (sulfide) groups is 1. The quantitative estimate of drug-likeness (QED) is 0.832. The molecule has 0 aromatic carbocycles. The summed E-state index contributed by atoms with van der Waals surface area (Å²) in [4.78, 5) is 18.8. The fraction of sp³-hybridized carbons (Fsp3) is 0.714. The SMILES string of the molecule is CCC1CCC(NC)C(Sc2nc(C)cc(=O)[nH]2)C1. The summed E-state index contributed by atoms with van der Waals surface area (Å²) in [6.07, 6.45) is 4.95. The van der Waals surface area contributed by atoms with E-state index in [0.29, 0.717) is 11.3 Å². The maximum Gasteiger partial charge on any atom is 0.251 e. The zero-order valence-electron chi connectivity index (χ0n) is 11.9. The highest BCUT2D eigenvalue weighted by Crippen LogP contribution is 2.36. The first kappa shape index (κ1) is 14.6. The summed E-state index contributed by atoms with van der Waals surface area (Å²) in [6, 6.07) is 2.05. The molecule has 19 heavy (non-hydrogen) atoms. The molecule has 3 atom stereocenters.